The number of carbonyl (C=O) groups excluding carboxylic acids is 1. The van der Waals surface area contributed by atoms with E-state index in [9.17, 15) is 19.8 Å². The molecule has 0 radical (unpaired) electrons. The summed E-state index contributed by atoms with van der Waals surface area (Å²) in [6, 6.07) is 32.2. The molecule has 4 aromatic carbocycles. The van der Waals surface area contributed by atoms with Crippen molar-refractivity contribution in [3.8, 4) is 11.5 Å². The molecule has 0 spiro atoms. The Kier molecular flexibility index (Phi) is 10.8. The number of nitrogen functional groups attached to an aromatic ring is 1. The Hall–Kier alpha value is -5.37. The molecule has 1 aromatic heterocycles. The van der Waals surface area contributed by atoms with Gasteiger partial charge in [0.15, 0.2) is 23.7 Å². The minimum absolute atomic E-state index is 0.00299. The second-order valence-electron chi connectivity index (χ2n) is 12.9. The van der Waals surface area contributed by atoms with E-state index in [0.29, 0.717) is 33.8 Å². The summed E-state index contributed by atoms with van der Waals surface area (Å²) >= 11 is 0. The number of aromatic nitrogens is 2. The van der Waals surface area contributed by atoms with Gasteiger partial charge in [-0.3, -0.25) is 9.36 Å². The molecule has 6 rings (SSSR count). The Morgan fingerprint density at radius 2 is 1.38 bits per heavy atom. The number of benzene rings is 4. The minimum Gasteiger partial charge on any atom is -0.497 e. The van der Waals surface area contributed by atoms with Crippen molar-refractivity contribution in [3.05, 3.63) is 154 Å². The number of aryl methyl sites for hydroxylation is 1. The van der Waals surface area contributed by atoms with E-state index in [4.69, 9.17) is 29.4 Å². The van der Waals surface area contributed by atoms with Gasteiger partial charge in [-0.05, 0) is 54.8 Å². The highest BCUT2D eigenvalue weighted by atomic mass is 16.6. The molecule has 12 heteroatoms. The highest BCUT2D eigenvalue weighted by Gasteiger charge is 2.63. The maximum Gasteiger partial charge on any atom is 0.351 e. The van der Waals surface area contributed by atoms with Crippen molar-refractivity contribution in [2.75, 3.05) is 27.1 Å². The molecule has 2 unspecified atom stereocenters. The number of nitrogens with two attached hydrogens (primary N) is 1. The average molecular weight is 722 g/mol. The van der Waals surface area contributed by atoms with Gasteiger partial charge in [-0.2, -0.15) is 4.98 Å². The molecule has 53 heavy (non-hydrogen) atoms. The maximum atomic E-state index is 14.9. The predicted molar refractivity (Wildman–Crippen MR) is 197 cm³/mol. The van der Waals surface area contributed by atoms with Crippen LogP contribution >= 0.6 is 0 Å². The van der Waals surface area contributed by atoms with E-state index in [2.05, 4.69) is 4.98 Å². The van der Waals surface area contributed by atoms with Crippen molar-refractivity contribution in [2.24, 2.45) is 0 Å². The van der Waals surface area contributed by atoms with Gasteiger partial charge in [0.2, 0.25) is 0 Å². The standard InChI is InChI=1S/C41H43N3O9/c1-25-24-44(39(47)43-37(25)42)38-40(48,26(2)49-3)36(46)35(52-38)34(33(45)27-12-8-6-9-13-27)53-41(28-14-10-7-11-15-28,29-16-20-31(50-4)21-17-29)30-18-22-32(51-5)23-19-30/h6-24,26,34-36,38,46,48H,1-5H3,(H2,42,43,47)/t26?,34?,35-,36-,38-,40-/m1/s1. The Morgan fingerprint density at radius 1 is 0.868 bits per heavy atom. The summed E-state index contributed by atoms with van der Waals surface area (Å²) in [7, 11) is 4.48. The molecular weight excluding hydrogens is 678 g/mol. The highest BCUT2D eigenvalue weighted by molar-refractivity contribution is 6.00. The molecule has 1 saturated heterocycles. The molecule has 12 nitrogen and oxygen atoms in total. The van der Waals surface area contributed by atoms with Crippen molar-refractivity contribution in [2.45, 2.75) is 55.7 Å². The maximum absolute atomic E-state index is 14.9. The van der Waals surface area contributed by atoms with Gasteiger partial charge in [0, 0.05) is 24.4 Å². The van der Waals surface area contributed by atoms with E-state index in [1.54, 1.807) is 75.7 Å². The Balaban J connectivity index is 1.62. The fourth-order valence-corrected chi connectivity index (χ4v) is 6.90. The second kappa shape index (κ2) is 15.3. The summed E-state index contributed by atoms with van der Waals surface area (Å²) < 4.78 is 31.4. The van der Waals surface area contributed by atoms with Gasteiger partial charge < -0.3 is 39.6 Å². The van der Waals surface area contributed by atoms with Gasteiger partial charge in [-0.25, -0.2) is 4.79 Å². The first-order valence-electron chi connectivity index (χ1n) is 17.0. The van der Waals surface area contributed by atoms with Crippen molar-refractivity contribution in [1.82, 2.24) is 9.55 Å². The summed E-state index contributed by atoms with van der Waals surface area (Å²) in [5.74, 6) is 0.633. The molecule has 6 atom stereocenters. The first kappa shape index (κ1) is 37.4. The van der Waals surface area contributed by atoms with Crippen LogP contribution in [0.3, 0.4) is 0 Å². The summed E-state index contributed by atoms with van der Waals surface area (Å²) in [6.07, 6.45) is -6.35. The van der Waals surface area contributed by atoms with E-state index in [1.165, 1.54) is 20.2 Å². The summed E-state index contributed by atoms with van der Waals surface area (Å²) in [6.45, 7) is 3.17. The van der Waals surface area contributed by atoms with Crippen LogP contribution in [-0.2, 0) is 19.8 Å². The molecule has 276 valence electrons. The van der Waals surface area contributed by atoms with E-state index in [1.807, 2.05) is 54.6 Å². The normalized spacial score (nSPS) is 21.2. The van der Waals surface area contributed by atoms with Crippen LogP contribution in [0.15, 0.2) is 120 Å². The Morgan fingerprint density at radius 3 is 1.89 bits per heavy atom. The van der Waals surface area contributed by atoms with Crippen molar-refractivity contribution in [1.29, 1.82) is 0 Å². The van der Waals surface area contributed by atoms with Crippen LogP contribution in [0.4, 0.5) is 5.82 Å². The van der Waals surface area contributed by atoms with Gasteiger partial charge in [0.1, 0.15) is 35.1 Å². The highest BCUT2D eigenvalue weighted by Crippen LogP contribution is 2.48. The topological polar surface area (TPSA) is 165 Å². The number of nitrogens with zero attached hydrogens (tertiary/aromatic N) is 2. The zero-order valence-corrected chi connectivity index (χ0v) is 30.1. The van der Waals surface area contributed by atoms with Gasteiger partial charge in [-0.1, -0.05) is 84.9 Å². The number of Topliss-reactive ketones (excluding diaryl/α,β-unsaturated/α-hetero) is 1. The number of aliphatic hydroxyl groups is 2. The summed E-state index contributed by atoms with van der Waals surface area (Å²) in [5.41, 5.74) is 3.81. The molecule has 1 aliphatic heterocycles. The number of ether oxygens (including phenoxy) is 5. The molecule has 0 saturated carbocycles. The number of anilines is 1. The number of hydrogen-bond donors (Lipinski definition) is 3. The van der Waals surface area contributed by atoms with Crippen LogP contribution in [0.1, 0.15) is 45.8 Å². The first-order chi connectivity index (χ1) is 25.5. The predicted octanol–water partition coefficient (Wildman–Crippen LogP) is 4.44. The van der Waals surface area contributed by atoms with Crippen LogP contribution in [0.25, 0.3) is 0 Å². The lowest BCUT2D eigenvalue weighted by molar-refractivity contribution is -0.175. The van der Waals surface area contributed by atoms with Crippen LogP contribution in [0, 0.1) is 6.92 Å². The van der Waals surface area contributed by atoms with E-state index < -0.39 is 53.3 Å². The molecule has 0 amide bonds. The van der Waals surface area contributed by atoms with Crippen molar-refractivity contribution < 1.29 is 38.7 Å². The quantitative estimate of drug-likeness (QED) is 0.116. The van der Waals surface area contributed by atoms with E-state index in [0.717, 1.165) is 4.57 Å². The van der Waals surface area contributed by atoms with E-state index >= 15 is 0 Å². The number of ketones is 1. The van der Waals surface area contributed by atoms with Crippen LogP contribution in [-0.4, -0.2) is 76.9 Å². The monoisotopic (exact) mass is 721 g/mol. The molecule has 1 aliphatic rings. The Labute approximate surface area is 307 Å². The minimum atomic E-state index is -2.29. The van der Waals surface area contributed by atoms with Crippen LogP contribution in [0.2, 0.25) is 0 Å². The smallest absolute Gasteiger partial charge is 0.351 e. The number of rotatable bonds is 13. The van der Waals surface area contributed by atoms with Crippen LogP contribution in [0.5, 0.6) is 11.5 Å². The molecule has 5 aromatic rings. The second-order valence-corrected chi connectivity index (χ2v) is 12.9. The van der Waals surface area contributed by atoms with Gasteiger partial charge in [0.05, 0.1) is 20.3 Å². The lowest BCUT2D eigenvalue weighted by Crippen LogP contribution is -2.58. The van der Waals surface area contributed by atoms with Gasteiger partial charge in [-0.15, -0.1) is 0 Å². The number of hydrogen-bond acceptors (Lipinski definition) is 11. The lowest BCUT2D eigenvalue weighted by Gasteiger charge is -2.41. The van der Waals surface area contributed by atoms with Crippen LogP contribution < -0.4 is 20.9 Å². The summed E-state index contributed by atoms with van der Waals surface area (Å²) in [4.78, 5) is 32.2. The molecule has 0 aliphatic carbocycles. The molecule has 0 bridgehead atoms. The number of aliphatic hydroxyl groups excluding tert-OH is 1. The first-order valence-corrected chi connectivity index (χ1v) is 17.0. The largest absolute Gasteiger partial charge is 0.497 e. The fraction of sp³-hybridized carbons (Fsp3) is 0.293. The average Bonchev–Trinajstić information content (AvgIpc) is 3.46. The zero-order valence-electron chi connectivity index (χ0n) is 30.1. The van der Waals surface area contributed by atoms with Gasteiger partial charge in [0.25, 0.3) is 0 Å². The SMILES string of the molecule is COc1ccc(C(OC(C(=O)c2ccccc2)[C@H]2O[C@@H](n3cc(C)c(N)nc3=O)[C@@](O)(C(C)OC)[C@@H]2O)(c2ccccc2)c2ccc(OC)cc2)cc1. The molecule has 2 heterocycles. The molecule has 4 N–H and O–H groups in total. The third-order valence-electron chi connectivity index (χ3n) is 9.99. The number of methoxy groups -OCH3 is 3. The van der Waals surface area contributed by atoms with E-state index in [-0.39, 0.29) is 11.4 Å². The third kappa shape index (κ3) is 6.71. The van der Waals surface area contributed by atoms with Crippen molar-refractivity contribution in [3.63, 3.8) is 0 Å². The number of carbonyl (C=O) groups is 1. The van der Waals surface area contributed by atoms with Gasteiger partial charge >= 0.3 is 5.69 Å². The Bertz CT molecular complexity index is 2030. The fourth-order valence-electron chi connectivity index (χ4n) is 6.90. The lowest BCUT2D eigenvalue weighted by atomic mass is 9.79. The summed E-state index contributed by atoms with van der Waals surface area (Å²) in [5, 5.41) is 24.7. The molecule has 1 fully saturated rings. The zero-order chi connectivity index (χ0) is 37.9. The van der Waals surface area contributed by atoms with Crippen molar-refractivity contribution >= 4 is 11.6 Å². The molecular formula is C41H43N3O9. The third-order valence-corrected chi connectivity index (χ3v) is 9.99.